The van der Waals surface area contributed by atoms with Crippen molar-refractivity contribution in [1.29, 1.82) is 0 Å². The van der Waals surface area contributed by atoms with E-state index in [1.165, 1.54) is 32.1 Å². The summed E-state index contributed by atoms with van der Waals surface area (Å²) in [4.78, 5) is 0. The molecule has 0 radical (unpaired) electrons. The van der Waals surface area contributed by atoms with E-state index in [1.807, 2.05) is 0 Å². The van der Waals surface area contributed by atoms with Gasteiger partial charge in [-0.2, -0.15) is 0 Å². The van der Waals surface area contributed by atoms with Gasteiger partial charge in [0, 0.05) is 0 Å². The predicted octanol–water partition coefficient (Wildman–Crippen LogP) is 0.633. The molecule has 1 fully saturated rings. The van der Waals surface area contributed by atoms with Crippen molar-refractivity contribution in [1.82, 2.24) is 0 Å². The maximum absolute atomic E-state index is 2.35. The van der Waals surface area contributed by atoms with Crippen LogP contribution in [-0.4, -0.2) is 0 Å². The molecule has 0 nitrogen and oxygen atoms in total. The van der Waals surface area contributed by atoms with Gasteiger partial charge in [0.25, 0.3) is 0 Å². The third-order valence-corrected chi connectivity index (χ3v) is 3.85. The summed E-state index contributed by atoms with van der Waals surface area (Å²) < 4.78 is 0. The van der Waals surface area contributed by atoms with Crippen LogP contribution in [0.3, 0.4) is 0 Å². The van der Waals surface area contributed by atoms with Gasteiger partial charge in [-0.05, 0) is 42.2 Å². The molecule has 2 aliphatic rings. The summed E-state index contributed by atoms with van der Waals surface area (Å²) in [5.41, 5.74) is 3.31. The molecular weight excluding hydrogens is 163 g/mol. The molecule has 0 aliphatic heterocycles. The van der Waals surface area contributed by atoms with Gasteiger partial charge in [-0.1, -0.05) is 37.1 Å². The Morgan fingerprint density at radius 2 is 1.86 bits per heavy atom. The normalized spacial score (nSPS) is 28.9. The van der Waals surface area contributed by atoms with Crippen LogP contribution in [0.25, 0.3) is 0 Å². The maximum Gasteiger partial charge on any atom is 1.00 e. The molecule has 0 spiro atoms. The summed E-state index contributed by atoms with van der Waals surface area (Å²) in [5.74, 6) is 1.91. The SMILES string of the molecule is [H-].[Li+].c1ccc2c(c1)CC1CCCCC21. The van der Waals surface area contributed by atoms with E-state index in [0.717, 1.165) is 11.8 Å². The summed E-state index contributed by atoms with van der Waals surface area (Å²) in [6, 6.07) is 9.07. The molecule has 0 aromatic heterocycles. The molecule has 3 rings (SSSR count). The fraction of sp³-hybridized carbons (Fsp3) is 0.538. The van der Waals surface area contributed by atoms with Crippen molar-refractivity contribution in [2.45, 2.75) is 38.0 Å². The third kappa shape index (κ3) is 1.56. The van der Waals surface area contributed by atoms with Crippen LogP contribution in [0.4, 0.5) is 0 Å². The van der Waals surface area contributed by atoms with Gasteiger partial charge in [0.2, 0.25) is 0 Å². The van der Waals surface area contributed by atoms with Crippen LogP contribution in [0.1, 0.15) is 44.2 Å². The first-order chi connectivity index (χ1) is 6.45. The summed E-state index contributed by atoms with van der Waals surface area (Å²) in [5, 5.41) is 0. The summed E-state index contributed by atoms with van der Waals surface area (Å²) in [6.07, 6.45) is 7.20. The van der Waals surface area contributed by atoms with Crippen molar-refractivity contribution in [3.05, 3.63) is 35.4 Å². The van der Waals surface area contributed by atoms with Crippen LogP contribution in [0.15, 0.2) is 24.3 Å². The zero-order valence-corrected chi connectivity index (χ0v) is 9.00. The molecule has 0 N–H and O–H groups in total. The van der Waals surface area contributed by atoms with E-state index in [4.69, 9.17) is 0 Å². The Labute approximate surface area is 99.8 Å². The first kappa shape index (κ1) is 10.3. The van der Waals surface area contributed by atoms with E-state index in [-0.39, 0.29) is 20.3 Å². The van der Waals surface area contributed by atoms with E-state index in [2.05, 4.69) is 24.3 Å². The third-order valence-electron chi connectivity index (χ3n) is 3.85. The van der Waals surface area contributed by atoms with Gasteiger partial charge in [-0.3, -0.25) is 0 Å². The summed E-state index contributed by atoms with van der Waals surface area (Å²) >= 11 is 0. The smallest absolute Gasteiger partial charge is 1.00 e. The molecule has 2 aliphatic carbocycles. The minimum Gasteiger partial charge on any atom is -1.00 e. The summed E-state index contributed by atoms with van der Waals surface area (Å²) in [7, 11) is 0. The Balaban J connectivity index is 0.000000562. The maximum atomic E-state index is 2.35. The van der Waals surface area contributed by atoms with Gasteiger partial charge in [-0.25, -0.2) is 0 Å². The van der Waals surface area contributed by atoms with E-state index < -0.39 is 0 Å². The average Bonchev–Trinajstić information content (AvgIpc) is 2.56. The van der Waals surface area contributed by atoms with Gasteiger partial charge >= 0.3 is 18.9 Å². The van der Waals surface area contributed by atoms with E-state index in [0.29, 0.717) is 0 Å². The number of hydrogen-bond donors (Lipinski definition) is 0. The van der Waals surface area contributed by atoms with Crippen LogP contribution in [0.5, 0.6) is 0 Å². The van der Waals surface area contributed by atoms with Gasteiger partial charge in [-0.15, -0.1) is 0 Å². The van der Waals surface area contributed by atoms with Gasteiger partial charge in [0.15, 0.2) is 0 Å². The molecule has 2 unspecified atom stereocenters. The standard InChI is InChI=1S/C13H16.Li.H/c1-3-7-12-10(5-1)9-11-6-2-4-8-13(11)12;;/h1,3,5,7,11,13H,2,4,6,8-9H2;;/q;+1;-1. The van der Waals surface area contributed by atoms with Crippen molar-refractivity contribution in [2.24, 2.45) is 5.92 Å². The number of rotatable bonds is 0. The zero-order chi connectivity index (χ0) is 8.67. The minimum absolute atomic E-state index is 0. The molecule has 1 saturated carbocycles. The van der Waals surface area contributed by atoms with Crippen molar-refractivity contribution in [2.75, 3.05) is 0 Å². The number of fused-ring (bicyclic) bond motifs is 3. The second kappa shape index (κ2) is 4.13. The molecular formula is C13H17Li. The second-order valence-corrected chi connectivity index (χ2v) is 4.55. The number of benzene rings is 1. The molecule has 0 bridgehead atoms. The first-order valence-corrected chi connectivity index (χ1v) is 5.53. The fourth-order valence-corrected chi connectivity index (χ4v) is 3.23. The fourth-order valence-electron chi connectivity index (χ4n) is 3.23. The van der Waals surface area contributed by atoms with Gasteiger partial charge in [0.1, 0.15) is 0 Å². The Kier molecular flexibility index (Phi) is 3.05. The van der Waals surface area contributed by atoms with Crippen molar-refractivity contribution in [3.8, 4) is 0 Å². The average molecular weight is 180 g/mol. The molecule has 0 heterocycles. The molecule has 1 aromatic carbocycles. The Morgan fingerprint density at radius 3 is 2.79 bits per heavy atom. The first-order valence-electron chi connectivity index (χ1n) is 5.53. The molecule has 1 heteroatoms. The van der Waals surface area contributed by atoms with Gasteiger partial charge in [0.05, 0.1) is 0 Å². The van der Waals surface area contributed by atoms with Crippen LogP contribution >= 0.6 is 0 Å². The van der Waals surface area contributed by atoms with E-state index >= 15 is 0 Å². The molecule has 2 atom stereocenters. The largest absolute Gasteiger partial charge is 1.00 e. The Hall–Kier alpha value is -0.183. The Bertz CT molecular complexity index is 324. The van der Waals surface area contributed by atoms with Crippen LogP contribution < -0.4 is 18.9 Å². The Morgan fingerprint density at radius 1 is 1.07 bits per heavy atom. The molecule has 70 valence electrons. The van der Waals surface area contributed by atoms with Crippen LogP contribution in [-0.2, 0) is 6.42 Å². The predicted molar refractivity (Wildman–Crippen MR) is 56.0 cm³/mol. The van der Waals surface area contributed by atoms with Crippen LogP contribution in [0, 0.1) is 5.92 Å². The summed E-state index contributed by atoms with van der Waals surface area (Å²) in [6.45, 7) is 0. The van der Waals surface area contributed by atoms with Crippen molar-refractivity contribution in [3.63, 3.8) is 0 Å². The van der Waals surface area contributed by atoms with Crippen LogP contribution in [0.2, 0.25) is 0 Å². The van der Waals surface area contributed by atoms with E-state index in [1.54, 1.807) is 11.1 Å². The zero-order valence-electron chi connectivity index (χ0n) is 10.00. The minimum atomic E-state index is 0. The van der Waals surface area contributed by atoms with Gasteiger partial charge < -0.3 is 1.43 Å². The molecule has 14 heavy (non-hydrogen) atoms. The quantitative estimate of drug-likeness (QED) is 0.514. The molecule has 1 aromatic rings. The van der Waals surface area contributed by atoms with Crippen molar-refractivity contribution >= 4 is 0 Å². The monoisotopic (exact) mass is 180 g/mol. The second-order valence-electron chi connectivity index (χ2n) is 4.55. The molecule has 0 saturated heterocycles. The number of hydrogen-bond acceptors (Lipinski definition) is 0. The molecule has 0 amide bonds. The van der Waals surface area contributed by atoms with Crippen molar-refractivity contribution < 1.29 is 20.3 Å². The van der Waals surface area contributed by atoms with E-state index in [9.17, 15) is 0 Å². The topological polar surface area (TPSA) is 0 Å².